The second-order valence-electron chi connectivity index (χ2n) is 4.37. The van der Waals surface area contributed by atoms with Gasteiger partial charge in [-0.2, -0.15) is 31.4 Å². The van der Waals surface area contributed by atoms with Crippen LogP contribution in [0.4, 0.5) is 26.3 Å². The summed E-state index contributed by atoms with van der Waals surface area (Å²) in [7, 11) is 0.760. The molecule has 1 aliphatic rings. The Labute approximate surface area is 113 Å². The minimum atomic E-state index is -5.72. The number of rotatable bonds is 4. The number of carbonyl (C=O) groups is 2. The number of amides is 1. The standard InChI is InChI=1S/C9H10F6N2O4/c1-6(4(16)18,5(19)20-2)21-17-3-7(17,8(10,11)12)9(13,14)15/h3H2,1-2H3,(H2,16,18). The third kappa shape index (κ3) is 2.52. The quantitative estimate of drug-likeness (QED) is 0.353. The zero-order valence-corrected chi connectivity index (χ0v) is 10.6. The van der Waals surface area contributed by atoms with Crippen molar-refractivity contribution < 1.29 is 45.5 Å². The molecule has 1 fully saturated rings. The Kier molecular flexibility index (Phi) is 3.94. The fraction of sp³-hybridized carbons (Fsp3) is 0.778. The molecule has 0 saturated carbocycles. The molecule has 1 saturated heterocycles. The zero-order valence-electron chi connectivity index (χ0n) is 10.6. The first kappa shape index (κ1) is 17.5. The van der Waals surface area contributed by atoms with Crippen molar-refractivity contribution in [2.45, 2.75) is 30.4 Å². The number of primary amides is 1. The maximum absolute atomic E-state index is 12.6. The van der Waals surface area contributed by atoms with Crippen LogP contribution in [0.2, 0.25) is 0 Å². The molecule has 0 aromatic heterocycles. The van der Waals surface area contributed by atoms with E-state index in [0.29, 0.717) is 6.92 Å². The molecule has 0 aromatic carbocycles. The number of hydrogen-bond acceptors (Lipinski definition) is 5. The number of hydrogen-bond donors (Lipinski definition) is 1. The lowest BCUT2D eigenvalue weighted by molar-refractivity contribution is -0.317. The number of halogens is 6. The fourth-order valence-electron chi connectivity index (χ4n) is 1.50. The summed E-state index contributed by atoms with van der Waals surface area (Å²) in [4.78, 5) is 26.7. The van der Waals surface area contributed by atoms with Crippen LogP contribution < -0.4 is 5.73 Å². The van der Waals surface area contributed by atoms with Crippen molar-refractivity contribution in [3.63, 3.8) is 0 Å². The predicted octanol–water partition coefficient (Wildman–Crippen LogP) is 0.514. The van der Waals surface area contributed by atoms with Crippen LogP contribution in [-0.4, -0.2) is 54.1 Å². The average Bonchev–Trinajstić information content (AvgIpc) is 3.01. The number of nitrogens with zero attached hydrogens (tertiary/aromatic N) is 1. The molecule has 0 radical (unpaired) electrons. The van der Waals surface area contributed by atoms with Crippen LogP contribution in [0.5, 0.6) is 0 Å². The van der Waals surface area contributed by atoms with E-state index in [2.05, 4.69) is 9.57 Å². The summed E-state index contributed by atoms with van der Waals surface area (Å²) < 4.78 is 79.9. The van der Waals surface area contributed by atoms with Crippen LogP contribution in [-0.2, 0) is 19.2 Å². The van der Waals surface area contributed by atoms with Gasteiger partial charge in [0.1, 0.15) is 0 Å². The number of hydroxylamine groups is 2. The number of alkyl halides is 6. The van der Waals surface area contributed by atoms with Gasteiger partial charge in [-0.05, 0) is 6.92 Å². The first-order valence-corrected chi connectivity index (χ1v) is 5.22. The van der Waals surface area contributed by atoms with Gasteiger partial charge in [0.2, 0.25) is 0 Å². The molecule has 12 heteroatoms. The van der Waals surface area contributed by atoms with Gasteiger partial charge in [-0.15, -0.1) is 0 Å². The summed E-state index contributed by atoms with van der Waals surface area (Å²) in [5, 5.41) is -0.561. The summed E-state index contributed by atoms with van der Waals surface area (Å²) in [6, 6.07) is 0. The highest BCUT2D eigenvalue weighted by atomic mass is 19.4. The Balaban J connectivity index is 3.10. The molecular weight excluding hydrogens is 314 g/mol. The fourth-order valence-corrected chi connectivity index (χ4v) is 1.50. The maximum atomic E-state index is 12.6. The van der Waals surface area contributed by atoms with Crippen molar-refractivity contribution in [2.24, 2.45) is 5.73 Å². The molecule has 1 rings (SSSR count). The van der Waals surface area contributed by atoms with E-state index in [4.69, 9.17) is 5.73 Å². The number of methoxy groups -OCH3 is 1. The van der Waals surface area contributed by atoms with E-state index in [1.807, 2.05) is 0 Å². The number of ether oxygens (including phenoxy) is 1. The Morgan fingerprint density at radius 1 is 1.14 bits per heavy atom. The van der Waals surface area contributed by atoms with Crippen molar-refractivity contribution >= 4 is 11.9 Å². The van der Waals surface area contributed by atoms with Crippen LogP contribution in [0.1, 0.15) is 6.92 Å². The van der Waals surface area contributed by atoms with Gasteiger partial charge >= 0.3 is 18.3 Å². The van der Waals surface area contributed by atoms with E-state index in [1.54, 1.807) is 0 Å². The topological polar surface area (TPSA) is 81.6 Å². The molecule has 21 heavy (non-hydrogen) atoms. The van der Waals surface area contributed by atoms with Gasteiger partial charge in [0, 0.05) is 0 Å². The van der Waals surface area contributed by atoms with Gasteiger partial charge in [-0.25, -0.2) is 4.79 Å². The van der Waals surface area contributed by atoms with Crippen molar-refractivity contribution in [1.29, 1.82) is 0 Å². The highest BCUT2D eigenvalue weighted by Gasteiger charge is 2.85. The molecule has 1 aliphatic heterocycles. The second-order valence-corrected chi connectivity index (χ2v) is 4.37. The highest BCUT2D eigenvalue weighted by molar-refractivity contribution is 6.04. The number of nitrogens with two attached hydrogens (primary N) is 1. The largest absolute Gasteiger partial charge is 0.466 e. The van der Waals surface area contributed by atoms with Crippen LogP contribution in [0.25, 0.3) is 0 Å². The summed E-state index contributed by atoms with van der Waals surface area (Å²) in [6.45, 7) is -1.02. The molecule has 122 valence electrons. The normalized spacial score (nSPS) is 24.1. The maximum Gasteiger partial charge on any atom is 0.419 e. The molecule has 2 N–H and O–H groups in total. The third-order valence-corrected chi connectivity index (χ3v) is 2.97. The smallest absolute Gasteiger partial charge is 0.419 e. The Morgan fingerprint density at radius 3 is 1.81 bits per heavy atom. The Morgan fingerprint density at radius 2 is 1.57 bits per heavy atom. The number of carbonyl (C=O) groups excluding carboxylic acids is 2. The third-order valence-electron chi connectivity index (χ3n) is 2.97. The molecule has 0 spiro atoms. The minimum absolute atomic E-state index is 0.561. The van der Waals surface area contributed by atoms with Crippen LogP contribution in [0, 0.1) is 0 Å². The number of esters is 1. The first-order valence-electron chi connectivity index (χ1n) is 5.22. The Hall–Kier alpha value is -1.56. The van der Waals surface area contributed by atoms with E-state index in [0.717, 1.165) is 7.11 Å². The molecular formula is C9H10F6N2O4. The van der Waals surface area contributed by atoms with E-state index in [9.17, 15) is 35.9 Å². The molecule has 6 nitrogen and oxygen atoms in total. The van der Waals surface area contributed by atoms with Crippen molar-refractivity contribution in [3.8, 4) is 0 Å². The van der Waals surface area contributed by atoms with Crippen LogP contribution in [0.3, 0.4) is 0 Å². The van der Waals surface area contributed by atoms with E-state index < -0.39 is 47.0 Å². The van der Waals surface area contributed by atoms with Crippen molar-refractivity contribution in [2.75, 3.05) is 13.7 Å². The SMILES string of the molecule is COC(=O)C(C)(ON1CC1(C(F)(F)F)C(F)(F)F)C(N)=O. The molecule has 0 bridgehead atoms. The zero-order chi connectivity index (χ0) is 16.9. The lowest BCUT2D eigenvalue weighted by atomic mass is 10.1. The predicted molar refractivity (Wildman–Crippen MR) is 52.2 cm³/mol. The summed E-state index contributed by atoms with van der Waals surface area (Å²) in [5.74, 6) is -3.13. The molecule has 0 aliphatic carbocycles. The van der Waals surface area contributed by atoms with Gasteiger partial charge in [-0.3, -0.25) is 9.63 Å². The minimum Gasteiger partial charge on any atom is -0.466 e. The monoisotopic (exact) mass is 324 g/mol. The summed E-state index contributed by atoms with van der Waals surface area (Å²) in [5.41, 5.74) is -2.32. The Bertz CT molecular complexity index is 448. The van der Waals surface area contributed by atoms with Gasteiger partial charge in [0.25, 0.3) is 17.0 Å². The summed E-state index contributed by atoms with van der Waals surface area (Å²) in [6.07, 6.45) is -11.4. The van der Waals surface area contributed by atoms with E-state index >= 15 is 0 Å². The lowest BCUT2D eigenvalue weighted by Crippen LogP contribution is -2.56. The van der Waals surface area contributed by atoms with Crippen LogP contribution >= 0.6 is 0 Å². The first-order chi connectivity index (χ1) is 9.24. The van der Waals surface area contributed by atoms with Gasteiger partial charge < -0.3 is 10.5 Å². The van der Waals surface area contributed by atoms with Gasteiger partial charge in [0.15, 0.2) is 0 Å². The summed E-state index contributed by atoms with van der Waals surface area (Å²) >= 11 is 0. The van der Waals surface area contributed by atoms with E-state index in [-0.39, 0.29) is 0 Å². The van der Waals surface area contributed by atoms with Gasteiger partial charge in [0.05, 0.1) is 13.7 Å². The molecule has 1 amide bonds. The molecule has 0 aromatic rings. The van der Waals surface area contributed by atoms with Crippen molar-refractivity contribution in [1.82, 2.24) is 5.06 Å². The second kappa shape index (κ2) is 4.73. The van der Waals surface area contributed by atoms with E-state index in [1.165, 1.54) is 0 Å². The molecule has 1 heterocycles. The van der Waals surface area contributed by atoms with Crippen LogP contribution in [0.15, 0.2) is 0 Å². The van der Waals surface area contributed by atoms with Gasteiger partial charge in [-0.1, -0.05) is 0 Å². The lowest BCUT2D eigenvalue weighted by Gasteiger charge is -2.28. The molecule has 2 atom stereocenters. The van der Waals surface area contributed by atoms with Crippen molar-refractivity contribution in [3.05, 3.63) is 0 Å². The average molecular weight is 324 g/mol. The highest BCUT2D eigenvalue weighted by Crippen LogP contribution is 2.57. The molecule has 2 unspecified atom stereocenters.